The van der Waals surface area contributed by atoms with Crippen LogP contribution in [-0.2, 0) is 23.8 Å². The average molecular weight is 407 g/mol. The fraction of sp³-hybridized carbons (Fsp3) is 0.476. The summed E-state index contributed by atoms with van der Waals surface area (Å²) in [6, 6.07) is 3.69. The molecule has 0 saturated heterocycles. The summed E-state index contributed by atoms with van der Waals surface area (Å²) in [5.41, 5.74) is 2.62. The van der Waals surface area contributed by atoms with Crippen molar-refractivity contribution in [2.75, 3.05) is 20.3 Å². The number of rotatable bonds is 5. The monoisotopic (exact) mass is 406 g/mol. The Balaban J connectivity index is 2.03. The third-order valence-corrected chi connectivity index (χ3v) is 5.51. The van der Waals surface area contributed by atoms with Gasteiger partial charge in [-0.2, -0.15) is 0 Å². The van der Waals surface area contributed by atoms with Crippen molar-refractivity contribution in [3.8, 4) is 0 Å². The molecule has 0 spiro atoms. The molecule has 0 N–H and O–H groups in total. The third kappa shape index (κ3) is 3.98. The first-order chi connectivity index (χ1) is 13.3. The van der Waals surface area contributed by atoms with Gasteiger partial charge in [0.2, 0.25) is 0 Å². The predicted octanol–water partition coefficient (Wildman–Crippen LogP) is 4.04. The second kappa shape index (κ2) is 8.45. The quantitative estimate of drug-likeness (QED) is 0.542. The summed E-state index contributed by atoms with van der Waals surface area (Å²) in [5, 5.41) is 0.416. The molecule has 150 valence electrons. The maximum absolute atomic E-state index is 13.2. The lowest BCUT2D eigenvalue weighted by Gasteiger charge is -2.24. The van der Waals surface area contributed by atoms with Gasteiger partial charge in [-0.05, 0) is 37.5 Å². The van der Waals surface area contributed by atoms with E-state index < -0.39 is 12.1 Å². The average Bonchev–Trinajstić information content (AvgIpc) is 2.87. The molecule has 0 radical (unpaired) electrons. The summed E-state index contributed by atoms with van der Waals surface area (Å²) in [6.07, 6.45) is 0.0764. The highest BCUT2D eigenvalue weighted by Crippen LogP contribution is 2.48. The Hall–Kier alpha value is -2.18. The summed E-state index contributed by atoms with van der Waals surface area (Å²) < 4.78 is 15.4. The normalized spacial score (nSPS) is 21.7. The molecule has 1 aromatic rings. The molecule has 1 aromatic carbocycles. The van der Waals surface area contributed by atoms with Gasteiger partial charge in [-0.1, -0.05) is 17.7 Å². The minimum absolute atomic E-state index is 0.0444. The van der Waals surface area contributed by atoms with Crippen molar-refractivity contribution in [1.82, 2.24) is 0 Å². The van der Waals surface area contributed by atoms with Crippen LogP contribution in [0.1, 0.15) is 36.0 Å². The van der Waals surface area contributed by atoms with Gasteiger partial charge in [-0.3, -0.25) is 9.59 Å². The van der Waals surface area contributed by atoms with E-state index in [-0.39, 0.29) is 48.5 Å². The Morgan fingerprint density at radius 3 is 2.61 bits per heavy atom. The summed E-state index contributed by atoms with van der Waals surface area (Å²) >= 11 is 6.47. The number of carbonyl (C=O) groups excluding carboxylic acids is 3. The first kappa shape index (κ1) is 20.6. The number of fused-ring (bicyclic) bond motifs is 1. The van der Waals surface area contributed by atoms with Gasteiger partial charge in [-0.15, -0.1) is 0 Å². The van der Waals surface area contributed by atoms with Gasteiger partial charge in [0.25, 0.3) is 0 Å². The van der Waals surface area contributed by atoms with Gasteiger partial charge < -0.3 is 14.2 Å². The molecule has 7 heteroatoms. The van der Waals surface area contributed by atoms with Crippen molar-refractivity contribution >= 4 is 34.9 Å². The van der Waals surface area contributed by atoms with Crippen LogP contribution in [0.2, 0.25) is 5.02 Å². The molecule has 1 saturated carbocycles. The van der Waals surface area contributed by atoms with Gasteiger partial charge in [0.1, 0.15) is 18.1 Å². The molecule has 28 heavy (non-hydrogen) atoms. The summed E-state index contributed by atoms with van der Waals surface area (Å²) in [4.78, 5) is 37.3. The van der Waals surface area contributed by atoms with Crippen LogP contribution in [0.25, 0.3) is 5.57 Å². The molecule has 1 fully saturated rings. The Morgan fingerprint density at radius 1 is 1.18 bits per heavy atom. The molecule has 2 unspecified atom stereocenters. The maximum Gasteiger partial charge on any atom is 0.513 e. The predicted molar refractivity (Wildman–Crippen MR) is 103 cm³/mol. The standard InChI is InChI=1S/C21H23ClO6/c1-11-8-12(2)17(16(22)9-11)18-19(24)15-10-13(23)4-5-14(15)20(18)28-21(25)27-7-6-26-3/h8-9,14-15H,4-7,10H2,1-3H3. The zero-order valence-electron chi connectivity index (χ0n) is 16.2. The lowest BCUT2D eigenvalue weighted by Crippen LogP contribution is -2.27. The van der Waals surface area contributed by atoms with Gasteiger partial charge in [0.15, 0.2) is 5.78 Å². The Bertz CT molecular complexity index is 833. The van der Waals surface area contributed by atoms with E-state index in [1.165, 1.54) is 7.11 Å². The number of methoxy groups -OCH3 is 1. The summed E-state index contributed by atoms with van der Waals surface area (Å²) in [6.45, 7) is 4.05. The van der Waals surface area contributed by atoms with Gasteiger partial charge in [0, 0.05) is 42.4 Å². The molecule has 2 aliphatic carbocycles. The zero-order chi connectivity index (χ0) is 20.4. The Kier molecular flexibility index (Phi) is 6.20. The second-order valence-corrected chi connectivity index (χ2v) is 7.64. The van der Waals surface area contributed by atoms with E-state index in [9.17, 15) is 14.4 Å². The molecular weight excluding hydrogens is 384 g/mol. The molecular formula is C21H23ClO6. The summed E-state index contributed by atoms with van der Waals surface area (Å²) in [7, 11) is 1.50. The number of aryl methyl sites for hydroxylation is 2. The molecule has 3 rings (SSSR count). The number of allylic oxidation sites excluding steroid dienone is 2. The lowest BCUT2D eigenvalue weighted by molar-refractivity contribution is -0.128. The number of benzene rings is 1. The Labute approximate surface area is 168 Å². The lowest BCUT2D eigenvalue weighted by atomic mass is 9.79. The molecule has 2 aliphatic rings. The number of ether oxygens (including phenoxy) is 3. The minimum atomic E-state index is -0.893. The van der Waals surface area contributed by atoms with Crippen LogP contribution in [-0.4, -0.2) is 38.0 Å². The van der Waals surface area contributed by atoms with E-state index in [0.29, 0.717) is 23.4 Å². The SMILES string of the molecule is COCCOC(=O)OC1=C(c2c(C)cc(C)cc2Cl)C(=O)C2CC(=O)CCC12. The van der Waals surface area contributed by atoms with Crippen molar-refractivity contribution in [3.05, 3.63) is 39.6 Å². The van der Waals surface area contributed by atoms with Gasteiger partial charge in [-0.25, -0.2) is 4.79 Å². The maximum atomic E-state index is 13.2. The largest absolute Gasteiger partial charge is 0.513 e. The molecule has 0 aliphatic heterocycles. The van der Waals surface area contributed by atoms with E-state index in [4.69, 9.17) is 25.8 Å². The van der Waals surface area contributed by atoms with E-state index >= 15 is 0 Å². The zero-order valence-corrected chi connectivity index (χ0v) is 16.9. The van der Waals surface area contributed by atoms with Crippen LogP contribution in [0.3, 0.4) is 0 Å². The van der Waals surface area contributed by atoms with Crippen molar-refractivity contribution in [3.63, 3.8) is 0 Å². The van der Waals surface area contributed by atoms with E-state index in [2.05, 4.69) is 0 Å². The highest BCUT2D eigenvalue weighted by Gasteiger charge is 2.48. The van der Waals surface area contributed by atoms with Crippen LogP contribution >= 0.6 is 11.6 Å². The van der Waals surface area contributed by atoms with E-state index in [1.54, 1.807) is 6.07 Å². The van der Waals surface area contributed by atoms with Crippen LogP contribution in [0, 0.1) is 25.7 Å². The number of halogens is 1. The molecule has 6 nitrogen and oxygen atoms in total. The third-order valence-electron chi connectivity index (χ3n) is 5.22. The molecule has 0 aromatic heterocycles. The smallest absolute Gasteiger partial charge is 0.432 e. The molecule has 0 amide bonds. The van der Waals surface area contributed by atoms with Crippen LogP contribution < -0.4 is 0 Å². The van der Waals surface area contributed by atoms with Crippen molar-refractivity contribution in [2.24, 2.45) is 11.8 Å². The first-order valence-electron chi connectivity index (χ1n) is 9.24. The fourth-order valence-corrected chi connectivity index (χ4v) is 4.44. The van der Waals surface area contributed by atoms with Gasteiger partial charge >= 0.3 is 6.16 Å². The van der Waals surface area contributed by atoms with Crippen LogP contribution in [0.15, 0.2) is 17.9 Å². The number of ketones is 2. The van der Waals surface area contributed by atoms with Crippen LogP contribution in [0.4, 0.5) is 4.79 Å². The van der Waals surface area contributed by atoms with Crippen molar-refractivity contribution in [2.45, 2.75) is 33.1 Å². The second-order valence-electron chi connectivity index (χ2n) is 7.23. The van der Waals surface area contributed by atoms with E-state index in [0.717, 1.165) is 11.1 Å². The molecule has 0 bridgehead atoms. The van der Waals surface area contributed by atoms with Gasteiger partial charge in [0.05, 0.1) is 12.2 Å². The minimum Gasteiger partial charge on any atom is -0.432 e. The number of Topliss-reactive ketones (excluding diaryl/α,β-unsaturated/α-hetero) is 2. The van der Waals surface area contributed by atoms with E-state index in [1.807, 2.05) is 19.9 Å². The molecule has 2 atom stereocenters. The first-order valence-corrected chi connectivity index (χ1v) is 9.62. The highest BCUT2D eigenvalue weighted by atomic mass is 35.5. The fourth-order valence-electron chi connectivity index (χ4n) is 4.02. The highest BCUT2D eigenvalue weighted by molar-refractivity contribution is 6.36. The number of hydrogen-bond donors (Lipinski definition) is 0. The van der Waals surface area contributed by atoms with Crippen LogP contribution in [0.5, 0.6) is 0 Å². The number of hydrogen-bond acceptors (Lipinski definition) is 6. The number of carbonyl (C=O) groups is 3. The Morgan fingerprint density at radius 2 is 1.93 bits per heavy atom. The molecule has 0 heterocycles. The van der Waals surface area contributed by atoms with Crippen molar-refractivity contribution < 1.29 is 28.6 Å². The summed E-state index contributed by atoms with van der Waals surface area (Å²) in [5.74, 6) is -0.739. The topological polar surface area (TPSA) is 78.9 Å². The van der Waals surface area contributed by atoms with Crippen molar-refractivity contribution in [1.29, 1.82) is 0 Å².